The SMILES string of the molecule is C#CCCOc1ccc(Cl)cc1C(C)NCCC. The zero-order valence-corrected chi connectivity index (χ0v) is 11.8. The first kappa shape index (κ1) is 14.9. The number of nitrogens with one attached hydrogen (secondary N) is 1. The van der Waals surface area contributed by atoms with Gasteiger partial charge >= 0.3 is 0 Å². The van der Waals surface area contributed by atoms with E-state index in [0.29, 0.717) is 13.0 Å². The van der Waals surface area contributed by atoms with E-state index in [4.69, 9.17) is 22.8 Å². The number of terminal acetylenes is 1. The molecule has 0 aliphatic heterocycles. The molecule has 0 saturated carbocycles. The Morgan fingerprint density at radius 2 is 2.28 bits per heavy atom. The zero-order chi connectivity index (χ0) is 13.4. The molecule has 0 amide bonds. The fourth-order valence-corrected chi connectivity index (χ4v) is 1.86. The number of rotatable bonds is 7. The van der Waals surface area contributed by atoms with Gasteiger partial charge in [-0.05, 0) is 38.1 Å². The second-order valence-corrected chi connectivity index (χ2v) is 4.60. The van der Waals surface area contributed by atoms with Gasteiger partial charge in [-0.25, -0.2) is 0 Å². The lowest BCUT2D eigenvalue weighted by atomic mass is 10.1. The van der Waals surface area contributed by atoms with Gasteiger partial charge in [-0.15, -0.1) is 12.3 Å². The zero-order valence-electron chi connectivity index (χ0n) is 11.0. The molecule has 0 radical (unpaired) electrons. The van der Waals surface area contributed by atoms with Crippen molar-refractivity contribution in [2.45, 2.75) is 32.7 Å². The predicted octanol–water partition coefficient (Wildman–Crippen LogP) is 3.80. The fraction of sp³-hybridized carbons (Fsp3) is 0.467. The third-order valence-corrected chi connectivity index (χ3v) is 2.88. The summed E-state index contributed by atoms with van der Waals surface area (Å²) in [6.07, 6.45) is 6.92. The largest absolute Gasteiger partial charge is 0.492 e. The molecule has 0 bridgehead atoms. The minimum atomic E-state index is 0.212. The summed E-state index contributed by atoms with van der Waals surface area (Å²) in [6, 6.07) is 5.89. The normalized spacial score (nSPS) is 11.9. The molecule has 1 atom stereocenters. The van der Waals surface area contributed by atoms with Gasteiger partial charge in [-0.2, -0.15) is 0 Å². The molecule has 0 aliphatic carbocycles. The van der Waals surface area contributed by atoms with Crippen LogP contribution < -0.4 is 10.1 Å². The summed E-state index contributed by atoms with van der Waals surface area (Å²) >= 11 is 6.04. The van der Waals surface area contributed by atoms with Gasteiger partial charge in [0.1, 0.15) is 5.75 Å². The molecule has 2 nitrogen and oxygen atoms in total. The van der Waals surface area contributed by atoms with E-state index in [1.807, 2.05) is 18.2 Å². The van der Waals surface area contributed by atoms with E-state index in [9.17, 15) is 0 Å². The Labute approximate surface area is 115 Å². The van der Waals surface area contributed by atoms with Gasteiger partial charge in [0.15, 0.2) is 0 Å². The Balaban J connectivity index is 2.79. The smallest absolute Gasteiger partial charge is 0.124 e. The van der Waals surface area contributed by atoms with Crippen LogP contribution in [-0.2, 0) is 0 Å². The summed E-state index contributed by atoms with van der Waals surface area (Å²) in [7, 11) is 0. The van der Waals surface area contributed by atoms with E-state index in [1.165, 1.54) is 0 Å². The summed E-state index contributed by atoms with van der Waals surface area (Å²) in [6.45, 7) is 5.75. The van der Waals surface area contributed by atoms with Gasteiger partial charge in [0.05, 0.1) is 6.61 Å². The van der Waals surface area contributed by atoms with Gasteiger partial charge in [0.2, 0.25) is 0 Å². The van der Waals surface area contributed by atoms with Crippen LogP contribution in [0.15, 0.2) is 18.2 Å². The van der Waals surface area contributed by atoms with Crippen LogP contribution in [-0.4, -0.2) is 13.2 Å². The maximum absolute atomic E-state index is 6.04. The number of ether oxygens (including phenoxy) is 1. The molecular weight excluding hydrogens is 246 g/mol. The first-order valence-corrected chi connectivity index (χ1v) is 6.66. The molecular formula is C15H20ClNO. The number of halogens is 1. The lowest BCUT2D eigenvalue weighted by Crippen LogP contribution is -2.20. The fourth-order valence-electron chi connectivity index (χ4n) is 1.68. The molecule has 0 spiro atoms. The van der Waals surface area contributed by atoms with Crippen LogP contribution in [0.5, 0.6) is 5.75 Å². The Hall–Kier alpha value is -1.17. The van der Waals surface area contributed by atoms with Crippen molar-refractivity contribution in [2.75, 3.05) is 13.2 Å². The Bertz CT molecular complexity index is 411. The number of hydrogen-bond acceptors (Lipinski definition) is 2. The molecule has 98 valence electrons. The van der Waals surface area contributed by atoms with E-state index in [2.05, 4.69) is 25.1 Å². The monoisotopic (exact) mass is 265 g/mol. The minimum absolute atomic E-state index is 0.212. The van der Waals surface area contributed by atoms with Crippen molar-refractivity contribution in [1.29, 1.82) is 0 Å². The van der Waals surface area contributed by atoms with Crippen LogP contribution in [0.3, 0.4) is 0 Å². The predicted molar refractivity (Wildman–Crippen MR) is 77.1 cm³/mol. The molecule has 1 rings (SSSR count). The van der Waals surface area contributed by atoms with Crippen LogP contribution in [0.1, 0.15) is 38.3 Å². The molecule has 1 N–H and O–H groups in total. The molecule has 1 unspecified atom stereocenters. The van der Waals surface area contributed by atoms with Crippen molar-refractivity contribution in [3.63, 3.8) is 0 Å². The number of hydrogen-bond donors (Lipinski definition) is 1. The highest BCUT2D eigenvalue weighted by atomic mass is 35.5. The summed E-state index contributed by atoms with van der Waals surface area (Å²) in [5.41, 5.74) is 1.08. The Morgan fingerprint density at radius 1 is 1.50 bits per heavy atom. The molecule has 0 aliphatic rings. The minimum Gasteiger partial charge on any atom is -0.492 e. The molecule has 0 fully saturated rings. The van der Waals surface area contributed by atoms with Gasteiger partial charge in [0.25, 0.3) is 0 Å². The van der Waals surface area contributed by atoms with Crippen molar-refractivity contribution >= 4 is 11.6 Å². The van der Waals surface area contributed by atoms with Gasteiger partial charge in [-0.1, -0.05) is 18.5 Å². The van der Waals surface area contributed by atoms with E-state index in [0.717, 1.165) is 29.3 Å². The molecule has 0 aromatic heterocycles. The van der Waals surface area contributed by atoms with Crippen molar-refractivity contribution in [1.82, 2.24) is 5.32 Å². The highest BCUT2D eigenvalue weighted by molar-refractivity contribution is 6.30. The summed E-state index contributed by atoms with van der Waals surface area (Å²) in [5, 5.41) is 4.15. The lowest BCUT2D eigenvalue weighted by molar-refractivity contribution is 0.320. The second-order valence-electron chi connectivity index (χ2n) is 4.16. The van der Waals surface area contributed by atoms with Gasteiger partial charge in [-0.3, -0.25) is 0 Å². The van der Waals surface area contributed by atoms with Crippen molar-refractivity contribution in [3.8, 4) is 18.1 Å². The highest BCUT2D eigenvalue weighted by Gasteiger charge is 2.11. The third-order valence-electron chi connectivity index (χ3n) is 2.64. The topological polar surface area (TPSA) is 21.3 Å². The number of benzene rings is 1. The third kappa shape index (κ3) is 4.60. The molecule has 1 aromatic carbocycles. The summed E-state index contributed by atoms with van der Waals surface area (Å²) in [5.74, 6) is 3.42. The van der Waals surface area contributed by atoms with E-state index in [1.54, 1.807) is 0 Å². The molecule has 0 saturated heterocycles. The summed E-state index contributed by atoms with van der Waals surface area (Å²) in [4.78, 5) is 0. The maximum atomic E-state index is 6.04. The Morgan fingerprint density at radius 3 is 2.94 bits per heavy atom. The first-order chi connectivity index (χ1) is 8.69. The van der Waals surface area contributed by atoms with Crippen LogP contribution in [0.4, 0.5) is 0 Å². The average molecular weight is 266 g/mol. The standard InChI is InChI=1S/C15H20ClNO/c1-4-6-10-18-15-8-7-13(16)11-14(15)12(3)17-9-5-2/h1,7-8,11-12,17H,5-6,9-10H2,2-3H3. The van der Waals surface area contributed by atoms with E-state index in [-0.39, 0.29) is 6.04 Å². The van der Waals surface area contributed by atoms with Gasteiger partial charge < -0.3 is 10.1 Å². The van der Waals surface area contributed by atoms with E-state index < -0.39 is 0 Å². The van der Waals surface area contributed by atoms with Gasteiger partial charge in [0, 0.05) is 23.0 Å². The van der Waals surface area contributed by atoms with Crippen LogP contribution in [0.2, 0.25) is 5.02 Å². The Kier molecular flexibility index (Phi) is 6.64. The summed E-state index contributed by atoms with van der Waals surface area (Å²) < 4.78 is 5.69. The van der Waals surface area contributed by atoms with E-state index >= 15 is 0 Å². The second kappa shape index (κ2) is 8.02. The quantitative estimate of drug-likeness (QED) is 0.598. The maximum Gasteiger partial charge on any atom is 0.124 e. The van der Waals surface area contributed by atoms with Crippen LogP contribution in [0, 0.1) is 12.3 Å². The van der Waals surface area contributed by atoms with Crippen molar-refractivity contribution in [3.05, 3.63) is 28.8 Å². The highest BCUT2D eigenvalue weighted by Crippen LogP contribution is 2.28. The molecule has 0 heterocycles. The average Bonchev–Trinajstić information content (AvgIpc) is 2.38. The first-order valence-electron chi connectivity index (χ1n) is 6.28. The van der Waals surface area contributed by atoms with Crippen LogP contribution in [0.25, 0.3) is 0 Å². The molecule has 18 heavy (non-hydrogen) atoms. The lowest BCUT2D eigenvalue weighted by Gasteiger charge is -2.18. The van der Waals surface area contributed by atoms with Crippen molar-refractivity contribution in [2.24, 2.45) is 0 Å². The molecule has 3 heteroatoms. The van der Waals surface area contributed by atoms with Crippen molar-refractivity contribution < 1.29 is 4.74 Å². The molecule has 1 aromatic rings. The van der Waals surface area contributed by atoms with Crippen LogP contribution >= 0.6 is 11.6 Å².